The van der Waals surface area contributed by atoms with Crippen molar-refractivity contribution in [1.82, 2.24) is 4.90 Å². The molecule has 0 spiro atoms. The number of Topliss-reactive ketones (excluding diaryl/α,β-unsaturated/α-hetero) is 1. The number of rotatable bonds is 8. The highest BCUT2D eigenvalue weighted by atomic mass is 32.1. The number of furan rings is 1. The molecule has 1 aromatic heterocycles. The van der Waals surface area contributed by atoms with Crippen LogP contribution in [0.15, 0.2) is 44.7 Å². The van der Waals surface area contributed by atoms with Gasteiger partial charge >= 0.3 is 23.9 Å². The first-order chi connectivity index (χ1) is 19.3. The van der Waals surface area contributed by atoms with Gasteiger partial charge in [-0.25, -0.2) is 0 Å². The van der Waals surface area contributed by atoms with Crippen LogP contribution in [0.25, 0.3) is 0 Å². The Hall–Kier alpha value is -4.09. The molecule has 41 heavy (non-hydrogen) atoms. The van der Waals surface area contributed by atoms with Crippen molar-refractivity contribution in [1.29, 1.82) is 5.26 Å². The Labute approximate surface area is 241 Å². The Bertz CT molecular complexity index is 1330. The van der Waals surface area contributed by atoms with Gasteiger partial charge in [0.2, 0.25) is 0 Å². The Kier molecular flexibility index (Phi) is 10.0. The second kappa shape index (κ2) is 13.0. The van der Waals surface area contributed by atoms with E-state index in [1.54, 1.807) is 19.1 Å². The molecule has 3 rings (SSSR count). The number of hydrogen-bond donors (Lipinski definition) is 1. The van der Waals surface area contributed by atoms with E-state index in [9.17, 15) is 29.2 Å². The van der Waals surface area contributed by atoms with Crippen LogP contribution in [0, 0.1) is 11.3 Å². The van der Waals surface area contributed by atoms with E-state index in [1.165, 1.54) is 18.1 Å². The third-order valence-electron chi connectivity index (χ3n) is 6.35. The van der Waals surface area contributed by atoms with Gasteiger partial charge in [-0.05, 0) is 26.0 Å². The predicted octanol–water partition coefficient (Wildman–Crippen LogP) is 2.29. The van der Waals surface area contributed by atoms with Crippen molar-refractivity contribution in [2.45, 2.75) is 78.1 Å². The summed E-state index contributed by atoms with van der Waals surface area (Å²) in [4.78, 5) is 62.5. The van der Waals surface area contributed by atoms with E-state index in [0.717, 1.165) is 27.7 Å². The maximum atomic E-state index is 13.0. The predicted molar refractivity (Wildman–Crippen MR) is 140 cm³/mol. The molecule has 6 atom stereocenters. The number of allylic oxidation sites excluding steroid dienone is 3. The molecular weight excluding hydrogens is 560 g/mol. The fourth-order valence-corrected chi connectivity index (χ4v) is 5.38. The third-order valence-corrected chi connectivity index (χ3v) is 6.80. The lowest BCUT2D eigenvalue weighted by atomic mass is 9.83. The van der Waals surface area contributed by atoms with E-state index < -0.39 is 72.8 Å². The lowest BCUT2D eigenvalue weighted by Gasteiger charge is -2.49. The molecule has 0 N–H and O–H groups in total. The van der Waals surface area contributed by atoms with Gasteiger partial charge in [0.25, 0.3) is 0 Å². The average Bonchev–Trinajstić information content (AvgIpc) is 3.39. The summed E-state index contributed by atoms with van der Waals surface area (Å²) in [6.07, 6.45) is -5.55. The Morgan fingerprint density at radius 2 is 1.54 bits per heavy atom. The SMILES string of the molecule is CC(=O)OC[C@@H]1O[C@@H](N2C(C)=C(C(C)=O)[C@@H](c3ccco3)C(C#N)=C2S)[C@H](OC(C)=O)[C@H](OC(C)=O)[C@@H]1OC(C)=O. The average molecular weight is 591 g/mol. The maximum Gasteiger partial charge on any atom is 0.303 e. The molecule has 220 valence electrons. The smallest absolute Gasteiger partial charge is 0.303 e. The van der Waals surface area contributed by atoms with E-state index in [0.29, 0.717) is 5.76 Å². The first-order valence-corrected chi connectivity index (χ1v) is 12.9. The molecule has 13 nitrogen and oxygen atoms in total. The van der Waals surface area contributed by atoms with Crippen molar-refractivity contribution in [3.63, 3.8) is 0 Å². The second-order valence-corrected chi connectivity index (χ2v) is 9.74. The molecule has 1 aromatic rings. The molecule has 0 unspecified atom stereocenters. The molecule has 0 radical (unpaired) electrons. The highest BCUT2D eigenvalue weighted by Crippen LogP contribution is 2.46. The van der Waals surface area contributed by atoms with Crippen LogP contribution in [0.1, 0.15) is 53.2 Å². The number of hydrogen-bond acceptors (Lipinski definition) is 14. The highest BCUT2D eigenvalue weighted by Gasteiger charge is 2.55. The monoisotopic (exact) mass is 590 g/mol. The fraction of sp³-hybridized carbons (Fsp3) is 0.481. The topological polar surface area (TPSA) is 172 Å². The standard InChI is InChI=1S/C27H30N2O11S/c1-12-21(13(2)30)22(19-8-7-9-35-19)18(10-28)27(41)29(12)26-25(39-17(6)34)24(38-16(5)33)23(37-15(4)32)20(40-26)11-36-14(3)31/h7-9,20,22-26,41H,11H2,1-6H3/t20-,22+,23+,24+,25+,26+/m0/s1. The first-order valence-electron chi connectivity index (χ1n) is 12.5. The number of esters is 4. The van der Waals surface area contributed by atoms with Gasteiger partial charge in [0.15, 0.2) is 30.3 Å². The number of ketones is 1. The minimum Gasteiger partial charge on any atom is -0.468 e. The van der Waals surface area contributed by atoms with Crippen LogP contribution < -0.4 is 0 Å². The third kappa shape index (κ3) is 6.80. The van der Waals surface area contributed by atoms with E-state index in [4.69, 9.17) is 28.1 Å². The summed E-state index contributed by atoms with van der Waals surface area (Å²) in [7, 11) is 0. The van der Waals surface area contributed by atoms with E-state index >= 15 is 0 Å². The fourth-order valence-electron chi connectivity index (χ4n) is 4.94. The molecule has 3 heterocycles. The number of nitrogens with zero attached hydrogens (tertiary/aromatic N) is 2. The molecule has 0 saturated carbocycles. The quantitative estimate of drug-likeness (QED) is 0.266. The van der Waals surface area contributed by atoms with Crippen molar-refractivity contribution >= 4 is 42.3 Å². The number of thiol groups is 1. The second-order valence-electron chi connectivity index (χ2n) is 9.31. The molecule has 0 aromatic carbocycles. The number of carbonyl (C=O) groups excluding carboxylic acids is 5. The van der Waals surface area contributed by atoms with Crippen molar-refractivity contribution in [3.8, 4) is 6.07 Å². The molecule has 0 amide bonds. The molecule has 0 bridgehead atoms. The number of ether oxygens (including phenoxy) is 5. The summed E-state index contributed by atoms with van der Waals surface area (Å²) in [5.74, 6) is -4.03. The zero-order valence-corrected chi connectivity index (χ0v) is 24.1. The normalized spacial score (nSPS) is 26.1. The maximum absolute atomic E-state index is 13.0. The molecule has 1 saturated heterocycles. The zero-order chi connectivity index (χ0) is 30.6. The summed E-state index contributed by atoms with van der Waals surface area (Å²) in [6, 6.07) is 5.31. The van der Waals surface area contributed by atoms with Crippen LogP contribution in [0.5, 0.6) is 0 Å². The van der Waals surface area contributed by atoms with Gasteiger partial charge in [-0.2, -0.15) is 5.26 Å². The summed E-state index contributed by atoms with van der Waals surface area (Å²) in [6.45, 7) is 6.93. The summed E-state index contributed by atoms with van der Waals surface area (Å²) >= 11 is 4.62. The zero-order valence-electron chi connectivity index (χ0n) is 23.2. The number of carbonyl (C=O) groups is 5. The summed E-state index contributed by atoms with van der Waals surface area (Å²) in [5, 5.41) is 10.2. The lowest BCUT2D eigenvalue weighted by molar-refractivity contribution is -0.271. The number of nitriles is 1. The minimum absolute atomic E-state index is 0.0203. The lowest BCUT2D eigenvalue weighted by Crippen LogP contribution is -2.66. The van der Waals surface area contributed by atoms with E-state index in [-0.39, 0.29) is 21.9 Å². The van der Waals surface area contributed by atoms with Crippen LogP contribution in [0.2, 0.25) is 0 Å². The van der Waals surface area contributed by atoms with Gasteiger partial charge in [-0.15, -0.1) is 12.6 Å². The Balaban J connectivity index is 2.27. The molecular formula is C27H30N2O11S. The minimum atomic E-state index is -1.47. The molecule has 14 heteroatoms. The van der Waals surface area contributed by atoms with Gasteiger partial charge in [-0.3, -0.25) is 24.0 Å². The van der Waals surface area contributed by atoms with Crippen LogP contribution in [-0.2, 0) is 47.7 Å². The summed E-state index contributed by atoms with van der Waals surface area (Å²) in [5.41, 5.74) is 0.456. The largest absolute Gasteiger partial charge is 0.468 e. The Morgan fingerprint density at radius 1 is 0.951 bits per heavy atom. The molecule has 1 fully saturated rings. The van der Waals surface area contributed by atoms with Gasteiger partial charge < -0.3 is 33.0 Å². The van der Waals surface area contributed by atoms with Crippen molar-refractivity contribution in [3.05, 3.63) is 46.0 Å². The van der Waals surface area contributed by atoms with Crippen molar-refractivity contribution in [2.75, 3.05) is 6.61 Å². The van der Waals surface area contributed by atoms with Crippen molar-refractivity contribution < 1.29 is 52.1 Å². The highest BCUT2D eigenvalue weighted by molar-refractivity contribution is 7.84. The van der Waals surface area contributed by atoms with Crippen LogP contribution >= 0.6 is 12.6 Å². The van der Waals surface area contributed by atoms with E-state index in [1.807, 2.05) is 0 Å². The van der Waals surface area contributed by atoms with Gasteiger partial charge in [0.1, 0.15) is 18.5 Å². The van der Waals surface area contributed by atoms with Crippen molar-refractivity contribution in [2.24, 2.45) is 0 Å². The summed E-state index contributed by atoms with van der Waals surface area (Å²) < 4.78 is 33.4. The van der Waals surface area contributed by atoms with Crippen LogP contribution in [-0.4, -0.2) is 71.8 Å². The first kappa shape index (κ1) is 31.4. The molecule has 2 aliphatic heterocycles. The van der Waals surface area contributed by atoms with Gasteiger partial charge in [0, 0.05) is 39.0 Å². The van der Waals surface area contributed by atoms with E-state index in [2.05, 4.69) is 18.7 Å². The van der Waals surface area contributed by atoms with Crippen LogP contribution in [0.3, 0.4) is 0 Å². The molecule has 0 aliphatic carbocycles. The van der Waals surface area contributed by atoms with Gasteiger partial charge in [0.05, 0.1) is 28.9 Å². The van der Waals surface area contributed by atoms with Gasteiger partial charge in [-0.1, -0.05) is 0 Å². The molecule has 2 aliphatic rings. The Morgan fingerprint density at radius 3 is 2.02 bits per heavy atom. The van der Waals surface area contributed by atoms with Crippen LogP contribution in [0.4, 0.5) is 0 Å².